The molecule has 0 saturated heterocycles. The fourth-order valence-corrected chi connectivity index (χ4v) is 3.19. The molecule has 0 spiro atoms. The van der Waals surface area contributed by atoms with E-state index in [1.54, 1.807) is 0 Å². The van der Waals surface area contributed by atoms with Crippen LogP contribution in [0.2, 0.25) is 0 Å². The van der Waals surface area contributed by atoms with Crippen molar-refractivity contribution < 1.29 is 0 Å². The molecule has 0 aliphatic carbocycles. The van der Waals surface area contributed by atoms with Gasteiger partial charge in [-0.3, -0.25) is 0 Å². The van der Waals surface area contributed by atoms with E-state index in [1.165, 1.54) is 48.1 Å². The van der Waals surface area contributed by atoms with E-state index in [9.17, 15) is 0 Å². The van der Waals surface area contributed by atoms with Crippen molar-refractivity contribution in [3.63, 3.8) is 0 Å². The smallest absolute Gasteiger partial charge is 0.0340 e. The standard InChI is InChI=1S/C25H33N/c1-21(2)17-18-24(20-26-25-15-8-5-9-16-25)14-10-11-22(3)19-23-12-6-4-7-13-23/h4-9,12-13,15-16,19,24,26H,1,10-11,14,17-18,20H2,2-3H3/b22-19-. The van der Waals surface area contributed by atoms with Gasteiger partial charge < -0.3 is 5.32 Å². The van der Waals surface area contributed by atoms with Gasteiger partial charge >= 0.3 is 0 Å². The van der Waals surface area contributed by atoms with Gasteiger partial charge in [0, 0.05) is 12.2 Å². The number of para-hydroxylation sites is 1. The molecular formula is C25H33N. The molecule has 138 valence electrons. The average Bonchev–Trinajstić information content (AvgIpc) is 2.65. The molecular weight excluding hydrogens is 314 g/mol. The summed E-state index contributed by atoms with van der Waals surface area (Å²) >= 11 is 0. The van der Waals surface area contributed by atoms with Crippen molar-refractivity contribution in [2.75, 3.05) is 11.9 Å². The zero-order valence-electron chi connectivity index (χ0n) is 16.4. The minimum Gasteiger partial charge on any atom is -0.385 e. The van der Waals surface area contributed by atoms with Crippen LogP contribution in [0.25, 0.3) is 6.08 Å². The summed E-state index contributed by atoms with van der Waals surface area (Å²) in [6.45, 7) is 9.49. The van der Waals surface area contributed by atoms with Crippen LogP contribution in [-0.4, -0.2) is 6.54 Å². The number of nitrogens with one attached hydrogen (secondary N) is 1. The van der Waals surface area contributed by atoms with Gasteiger partial charge in [-0.25, -0.2) is 0 Å². The van der Waals surface area contributed by atoms with E-state index in [0.29, 0.717) is 5.92 Å². The summed E-state index contributed by atoms with van der Waals surface area (Å²) in [5, 5.41) is 3.60. The molecule has 1 unspecified atom stereocenters. The predicted octanol–water partition coefficient (Wildman–Crippen LogP) is 7.34. The van der Waals surface area contributed by atoms with Crippen LogP contribution >= 0.6 is 0 Å². The molecule has 26 heavy (non-hydrogen) atoms. The number of hydrogen-bond acceptors (Lipinski definition) is 1. The van der Waals surface area contributed by atoms with Crippen molar-refractivity contribution >= 4 is 11.8 Å². The highest BCUT2D eigenvalue weighted by molar-refractivity contribution is 5.51. The van der Waals surface area contributed by atoms with E-state index in [1.807, 2.05) is 0 Å². The Morgan fingerprint density at radius 2 is 1.58 bits per heavy atom. The van der Waals surface area contributed by atoms with Gasteiger partial charge in [-0.1, -0.05) is 65.8 Å². The molecule has 0 aliphatic rings. The Morgan fingerprint density at radius 1 is 0.923 bits per heavy atom. The van der Waals surface area contributed by atoms with E-state index >= 15 is 0 Å². The lowest BCUT2D eigenvalue weighted by molar-refractivity contribution is 0.456. The summed E-state index contributed by atoms with van der Waals surface area (Å²) in [7, 11) is 0. The number of benzene rings is 2. The van der Waals surface area contributed by atoms with E-state index < -0.39 is 0 Å². The van der Waals surface area contributed by atoms with E-state index in [0.717, 1.165) is 13.0 Å². The number of allylic oxidation sites excluding steroid dienone is 2. The van der Waals surface area contributed by atoms with E-state index in [-0.39, 0.29) is 0 Å². The van der Waals surface area contributed by atoms with E-state index in [2.05, 4.69) is 92.5 Å². The molecule has 1 heteroatoms. The topological polar surface area (TPSA) is 12.0 Å². The summed E-state index contributed by atoms with van der Waals surface area (Å²) in [4.78, 5) is 0. The van der Waals surface area contributed by atoms with Gasteiger partial charge in [-0.05, 0) is 69.6 Å². The Bertz CT molecular complexity index is 670. The zero-order valence-corrected chi connectivity index (χ0v) is 16.4. The number of rotatable bonds is 11. The first-order chi connectivity index (χ1) is 12.6. The highest BCUT2D eigenvalue weighted by Crippen LogP contribution is 2.21. The normalized spacial score (nSPS) is 12.6. The maximum atomic E-state index is 4.07. The van der Waals surface area contributed by atoms with Gasteiger partial charge in [0.05, 0.1) is 0 Å². The van der Waals surface area contributed by atoms with Gasteiger partial charge in [0.2, 0.25) is 0 Å². The molecule has 0 aromatic heterocycles. The maximum Gasteiger partial charge on any atom is 0.0340 e. The molecule has 1 nitrogen and oxygen atoms in total. The van der Waals surface area contributed by atoms with Crippen molar-refractivity contribution in [1.82, 2.24) is 0 Å². The van der Waals surface area contributed by atoms with Gasteiger partial charge in [0.25, 0.3) is 0 Å². The molecule has 0 aliphatic heterocycles. The lowest BCUT2D eigenvalue weighted by Gasteiger charge is -2.18. The Labute approximate surface area is 159 Å². The second kappa shape index (κ2) is 11.4. The number of hydrogen-bond donors (Lipinski definition) is 1. The van der Waals surface area contributed by atoms with Gasteiger partial charge in [0.1, 0.15) is 0 Å². The zero-order chi connectivity index (χ0) is 18.6. The van der Waals surface area contributed by atoms with Crippen LogP contribution in [0.3, 0.4) is 0 Å². The predicted molar refractivity (Wildman–Crippen MR) is 116 cm³/mol. The van der Waals surface area contributed by atoms with Crippen molar-refractivity contribution in [3.05, 3.63) is 84.0 Å². The maximum absolute atomic E-state index is 4.07. The summed E-state index contributed by atoms with van der Waals surface area (Å²) in [6, 6.07) is 21.1. The third-order valence-electron chi connectivity index (χ3n) is 4.74. The largest absolute Gasteiger partial charge is 0.385 e. The van der Waals surface area contributed by atoms with Crippen molar-refractivity contribution in [2.45, 2.75) is 46.0 Å². The highest BCUT2D eigenvalue weighted by atomic mass is 14.9. The fraction of sp³-hybridized carbons (Fsp3) is 0.360. The summed E-state index contributed by atoms with van der Waals surface area (Å²) in [5.74, 6) is 0.691. The van der Waals surface area contributed by atoms with Crippen molar-refractivity contribution in [3.8, 4) is 0 Å². The lowest BCUT2D eigenvalue weighted by Crippen LogP contribution is -2.14. The summed E-state index contributed by atoms with van der Waals surface area (Å²) < 4.78 is 0. The molecule has 0 fully saturated rings. The van der Waals surface area contributed by atoms with Crippen LogP contribution in [0.1, 0.15) is 51.5 Å². The van der Waals surface area contributed by atoms with Crippen LogP contribution in [0.5, 0.6) is 0 Å². The highest BCUT2D eigenvalue weighted by Gasteiger charge is 2.09. The monoisotopic (exact) mass is 347 g/mol. The van der Waals surface area contributed by atoms with Crippen LogP contribution in [-0.2, 0) is 0 Å². The summed E-state index contributed by atoms with van der Waals surface area (Å²) in [5.41, 5.74) is 5.27. The summed E-state index contributed by atoms with van der Waals surface area (Å²) in [6.07, 6.45) is 8.32. The molecule has 2 aromatic carbocycles. The third kappa shape index (κ3) is 8.20. The Balaban J connectivity index is 1.81. The minimum atomic E-state index is 0.691. The van der Waals surface area contributed by atoms with Crippen LogP contribution in [0, 0.1) is 5.92 Å². The quantitative estimate of drug-likeness (QED) is 0.419. The molecule has 2 rings (SSSR count). The Morgan fingerprint density at radius 3 is 2.23 bits per heavy atom. The van der Waals surface area contributed by atoms with Gasteiger partial charge in [-0.15, -0.1) is 6.58 Å². The molecule has 0 amide bonds. The second-order valence-corrected chi connectivity index (χ2v) is 7.40. The first-order valence-electron chi connectivity index (χ1n) is 9.79. The van der Waals surface area contributed by atoms with Crippen LogP contribution in [0.15, 0.2) is 78.4 Å². The second-order valence-electron chi connectivity index (χ2n) is 7.40. The van der Waals surface area contributed by atoms with E-state index in [4.69, 9.17) is 0 Å². The first-order valence-corrected chi connectivity index (χ1v) is 9.79. The fourth-order valence-electron chi connectivity index (χ4n) is 3.19. The Kier molecular flexibility index (Phi) is 8.75. The minimum absolute atomic E-state index is 0.691. The van der Waals surface area contributed by atoms with Crippen molar-refractivity contribution in [2.24, 2.45) is 5.92 Å². The van der Waals surface area contributed by atoms with Gasteiger partial charge in [0.15, 0.2) is 0 Å². The molecule has 0 bridgehead atoms. The average molecular weight is 348 g/mol. The first kappa shape index (κ1) is 20.0. The van der Waals surface area contributed by atoms with Crippen molar-refractivity contribution in [1.29, 1.82) is 0 Å². The third-order valence-corrected chi connectivity index (χ3v) is 4.74. The Hall–Kier alpha value is -2.28. The van der Waals surface area contributed by atoms with Gasteiger partial charge in [-0.2, -0.15) is 0 Å². The number of anilines is 1. The van der Waals surface area contributed by atoms with Crippen LogP contribution < -0.4 is 5.32 Å². The van der Waals surface area contributed by atoms with Crippen LogP contribution in [0.4, 0.5) is 5.69 Å². The molecule has 0 saturated carbocycles. The lowest BCUT2D eigenvalue weighted by atomic mass is 9.93. The molecule has 1 atom stereocenters. The molecule has 0 radical (unpaired) electrons. The molecule has 2 aromatic rings. The molecule has 1 N–H and O–H groups in total. The molecule has 0 heterocycles. The SMILES string of the molecule is C=C(C)CCC(CCC/C(C)=C\c1ccccc1)CNc1ccccc1.